The number of amides is 2. The van der Waals surface area contributed by atoms with Crippen LogP contribution in [-0.2, 0) is 14.3 Å². The lowest BCUT2D eigenvalue weighted by Crippen LogP contribution is -2.46. The number of thiophene rings is 1. The number of carbonyl (C=O) groups is 3. The van der Waals surface area contributed by atoms with Crippen LogP contribution in [0, 0.1) is 12.8 Å². The summed E-state index contributed by atoms with van der Waals surface area (Å²) in [5.74, 6) is -0.786. The smallest absolute Gasteiger partial charge is 0.326 e. The SMILES string of the molecule is Cc1ccc(C(=O)NCC(=O)OC(C)C(=O)NC2CCCCC2C)s1. The number of rotatable bonds is 6. The van der Waals surface area contributed by atoms with E-state index < -0.39 is 12.1 Å². The molecule has 138 valence electrons. The highest BCUT2D eigenvalue weighted by Gasteiger charge is 2.26. The minimum absolute atomic E-state index is 0.143. The van der Waals surface area contributed by atoms with E-state index in [1.807, 2.05) is 13.0 Å². The van der Waals surface area contributed by atoms with Crippen molar-refractivity contribution in [3.8, 4) is 0 Å². The topological polar surface area (TPSA) is 84.5 Å². The van der Waals surface area contributed by atoms with Gasteiger partial charge in [0, 0.05) is 10.9 Å². The van der Waals surface area contributed by atoms with Gasteiger partial charge in [-0.05, 0) is 44.7 Å². The van der Waals surface area contributed by atoms with Gasteiger partial charge in [0.1, 0.15) is 6.54 Å². The van der Waals surface area contributed by atoms with Crippen LogP contribution in [0.4, 0.5) is 0 Å². The largest absolute Gasteiger partial charge is 0.451 e. The van der Waals surface area contributed by atoms with Crippen molar-refractivity contribution in [1.29, 1.82) is 0 Å². The van der Waals surface area contributed by atoms with E-state index in [2.05, 4.69) is 17.6 Å². The lowest BCUT2D eigenvalue weighted by molar-refractivity contribution is -0.154. The van der Waals surface area contributed by atoms with Crippen LogP contribution in [0.15, 0.2) is 12.1 Å². The van der Waals surface area contributed by atoms with Crippen LogP contribution in [0.5, 0.6) is 0 Å². The Morgan fingerprint density at radius 2 is 2.00 bits per heavy atom. The molecule has 3 unspecified atom stereocenters. The maximum atomic E-state index is 12.2. The van der Waals surface area contributed by atoms with E-state index in [1.165, 1.54) is 17.8 Å². The minimum atomic E-state index is -0.873. The number of esters is 1. The third kappa shape index (κ3) is 5.85. The summed E-state index contributed by atoms with van der Waals surface area (Å²) in [6, 6.07) is 3.70. The van der Waals surface area contributed by atoms with Crippen LogP contribution >= 0.6 is 11.3 Å². The number of nitrogens with one attached hydrogen (secondary N) is 2. The van der Waals surface area contributed by atoms with Crippen molar-refractivity contribution >= 4 is 29.1 Å². The zero-order chi connectivity index (χ0) is 18.4. The maximum Gasteiger partial charge on any atom is 0.326 e. The average Bonchev–Trinajstić information content (AvgIpc) is 3.01. The Morgan fingerprint density at radius 3 is 2.64 bits per heavy atom. The molecule has 2 N–H and O–H groups in total. The van der Waals surface area contributed by atoms with Crippen LogP contribution in [0.2, 0.25) is 0 Å². The second kappa shape index (κ2) is 8.99. The van der Waals surface area contributed by atoms with Crippen molar-refractivity contribution in [3.05, 3.63) is 21.9 Å². The Morgan fingerprint density at radius 1 is 1.28 bits per heavy atom. The van der Waals surface area contributed by atoms with Gasteiger partial charge in [-0.1, -0.05) is 19.8 Å². The van der Waals surface area contributed by atoms with E-state index in [-0.39, 0.29) is 24.4 Å². The van der Waals surface area contributed by atoms with Gasteiger partial charge < -0.3 is 15.4 Å². The van der Waals surface area contributed by atoms with Gasteiger partial charge >= 0.3 is 5.97 Å². The summed E-state index contributed by atoms with van der Waals surface area (Å²) in [5.41, 5.74) is 0. The quantitative estimate of drug-likeness (QED) is 0.757. The zero-order valence-corrected chi connectivity index (χ0v) is 15.8. The van der Waals surface area contributed by atoms with Crippen LogP contribution in [0.25, 0.3) is 0 Å². The summed E-state index contributed by atoms with van der Waals surface area (Å²) in [7, 11) is 0. The Labute approximate surface area is 152 Å². The molecular formula is C18H26N2O4S. The minimum Gasteiger partial charge on any atom is -0.451 e. The van der Waals surface area contributed by atoms with Crippen molar-refractivity contribution in [2.24, 2.45) is 5.92 Å². The van der Waals surface area contributed by atoms with Gasteiger partial charge in [0.25, 0.3) is 11.8 Å². The molecule has 1 aromatic rings. The van der Waals surface area contributed by atoms with E-state index in [0.29, 0.717) is 10.8 Å². The fraction of sp³-hybridized carbons (Fsp3) is 0.611. The van der Waals surface area contributed by atoms with Gasteiger partial charge in [-0.15, -0.1) is 11.3 Å². The van der Waals surface area contributed by atoms with Crippen LogP contribution in [0.1, 0.15) is 54.1 Å². The first-order valence-electron chi connectivity index (χ1n) is 8.71. The monoisotopic (exact) mass is 366 g/mol. The number of aryl methyl sites for hydroxylation is 1. The van der Waals surface area contributed by atoms with Crippen molar-refractivity contribution in [1.82, 2.24) is 10.6 Å². The van der Waals surface area contributed by atoms with Gasteiger partial charge in [0.2, 0.25) is 0 Å². The second-order valence-corrected chi connectivity index (χ2v) is 7.89. The van der Waals surface area contributed by atoms with Gasteiger partial charge in [0.15, 0.2) is 6.10 Å². The summed E-state index contributed by atoms with van der Waals surface area (Å²) in [4.78, 5) is 37.5. The molecule has 0 aliphatic heterocycles. The third-order valence-corrected chi connectivity index (χ3v) is 5.47. The molecule has 0 spiro atoms. The number of hydrogen-bond acceptors (Lipinski definition) is 5. The van der Waals surface area contributed by atoms with Gasteiger partial charge in [-0.3, -0.25) is 14.4 Å². The Balaban J connectivity index is 1.73. The Kier molecular flexibility index (Phi) is 6.99. The van der Waals surface area contributed by atoms with Gasteiger partial charge in [-0.25, -0.2) is 0 Å². The van der Waals surface area contributed by atoms with Gasteiger partial charge in [0.05, 0.1) is 4.88 Å². The molecule has 1 heterocycles. The molecule has 6 nitrogen and oxygen atoms in total. The second-order valence-electron chi connectivity index (χ2n) is 6.60. The molecule has 1 aliphatic carbocycles. The predicted octanol–water partition coefficient (Wildman–Crippen LogP) is 2.41. The van der Waals surface area contributed by atoms with Crippen molar-refractivity contribution in [3.63, 3.8) is 0 Å². The number of hydrogen-bond donors (Lipinski definition) is 2. The molecule has 1 saturated carbocycles. The highest BCUT2D eigenvalue weighted by atomic mass is 32.1. The molecule has 2 amide bonds. The van der Waals surface area contributed by atoms with E-state index in [1.54, 1.807) is 13.0 Å². The Bertz CT molecular complexity index is 628. The molecule has 25 heavy (non-hydrogen) atoms. The zero-order valence-electron chi connectivity index (χ0n) is 15.0. The van der Waals surface area contributed by atoms with Crippen LogP contribution < -0.4 is 10.6 Å². The van der Waals surface area contributed by atoms with Crippen molar-refractivity contribution < 1.29 is 19.1 Å². The highest BCUT2D eigenvalue weighted by Crippen LogP contribution is 2.23. The standard InChI is InChI=1S/C18H26N2O4S/c1-11-6-4-5-7-14(11)20-17(22)13(3)24-16(21)10-19-18(23)15-9-8-12(2)25-15/h8-9,11,13-14H,4-7,10H2,1-3H3,(H,19,23)(H,20,22). The highest BCUT2D eigenvalue weighted by molar-refractivity contribution is 7.13. The van der Waals surface area contributed by atoms with E-state index in [9.17, 15) is 14.4 Å². The molecule has 7 heteroatoms. The number of ether oxygens (including phenoxy) is 1. The molecule has 1 aliphatic rings. The molecule has 0 radical (unpaired) electrons. The third-order valence-electron chi connectivity index (χ3n) is 4.47. The van der Waals surface area contributed by atoms with E-state index in [4.69, 9.17) is 4.74 Å². The van der Waals surface area contributed by atoms with Crippen molar-refractivity contribution in [2.75, 3.05) is 6.54 Å². The fourth-order valence-electron chi connectivity index (χ4n) is 2.92. The maximum absolute atomic E-state index is 12.2. The van der Waals surface area contributed by atoms with Crippen LogP contribution in [-0.4, -0.2) is 36.5 Å². The molecule has 2 rings (SSSR count). The normalized spacial score (nSPS) is 21.2. The summed E-state index contributed by atoms with van der Waals surface area (Å²) in [6.45, 7) is 5.32. The fourth-order valence-corrected chi connectivity index (χ4v) is 3.70. The molecule has 0 bridgehead atoms. The van der Waals surface area contributed by atoms with E-state index >= 15 is 0 Å². The van der Waals surface area contributed by atoms with E-state index in [0.717, 1.165) is 24.1 Å². The van der Waals surface area contributed by atoms with Gasteiger partial charge in [-0.2, -0.15) is 0 Å². The predicted molar refractivity (Wildman–Crippen MR) is 96.5 cm³/mol. The Hall–Kier alpha value is -1.89. The first kappa shape index (κ1) is 19.4. The first-order valence-corrected chi connectivity index (χ1v) is 9.53. The summed E-state index contributed by atoms with van der Waals surface area (Å²) in [6.07, 6.45) is 3.50. The lowest BCUT2D eigenvalue weighted by Gasteiger charge is -2.30. The summed E-state index contributed by atoms with van der Waals surface area (Å²) in [5, 5.41) is 5.48. The summed E-state index contributed by atoms with van der Waals surface area (Å²) < 4.78 is 5.12. The molecule has 0 aromatic carbocycles. The van der Waals surface area contributed by atoms with Crippen molar-refractivity contribution in [2.45, 2.75) is 58.6 Å². The molecular weight excluding hydrogens is 340 g/mol. The molecule has 1 fully saturated rings. The summed E-state index contributed by atoms with van der Waals surface area (Å²) >= 11 is 1.36. The number of carbonyl (C=O) groups excluding carboxylic acids is 3. The molecule has 1 aromatic heterocycles. The molecule has 0 saturated heterocycles. The lowest BCUT2D eigenvalue weighted by atomic mass is 9.86. The average molecular weight is 366 g/mol. The molecule has 3 atom stereocenters. The van der Waals surface area contributed by atoms with Crippen LogP contribution in [0.3, 0.4) is 0 Å². The first-order chi connectivity index (χ1) is 11.9.